The van der Waals surface area contributed by atoms with E-state index in [1.54, 1.807) is 20.9 Å². The number of nitro groups is 1. The van der Waals surface area contributed by atoms with Gasteiger partial charge in [-0.2, -0.15) is 5.10 Å². The summed E-state index contributed by atoms with van der Waals surface area (Å²) in [4.78, 5) is 10.8. The largest absolute Gasteiger partial charge is 0.433 e. The number of hydrogen-bond acceptors (Lipinski definition) is 4. The lowest BCUT2D eigenvalue weighted by Crippen LogP contribution is -1.98. The summed E-state index contributed by atoms with van der Waals surface area (Å²) in [6.45, 7) is 3.61. The summed E-state index contributed by atoms with van der Waals surface area (Å²) in [5.41, 5.74) is 0.119. The van der Waals surface area contributed by atoms with Gasteiger partial charge in [-0.05, 0) is 28.1 Å². The van der Waals surface area contributed by atoms with Crippen LogP contribution < -0.4 is 4.74 Å². The number of nitrogens with zero attached hydrogens (tertiary/aromatic N) is 3. The van der Waals surface area contributed by atoms with E-state index in [-0.39, 0.29) is 23.2 Å². The van der Waals surface area contributed by atoms with Crippen LogP contribution in [-0.4, -0.2) is 14.7 Å². The minimum Gasteiger partial charge on any atom is -0.433 e. The third-order valence-corrected chi connectivity index (χ3v) is 3.48. The van der Waals surface area contributed by atoms with Crippen molar-refractivity contribution < 1.29 is 14.1 Å². The van der Waals surface area contributed by atoms with Crippen molar-refractivity contribution in [2.24, 2.45) is 7.05 Å². The molecule has 0 aliphatic heterocycles. The second kappa shape index (κ2) is 5.80. The van der Waals surface area contributed by atoms with Gasteiger partial charge in [0.25, 0.3) is 5.88 Å². The molecule has 1 aromatic carbocycles. The highest BCUT2D eigenvalue weighted by atomic mass is 79.9. The molecule has 0 spiro atoms. The highest BCUT2D eigenvalue weighted by molar-refractivity contribution is 9.10. The van der Waals surface area contributed by atoms with Crippen molar-refractivity contribution in [3.05, 3.63) is 44.3 Å². The Morgan fingerprint density at radius 3 is 2.71 bits per heavy atom. The molecule has 0 atom stereocenters. The normalized spacial score (nSPS) is 11.0. The summed E-state index contributed by atoms with van der Waals surface area (Å²) in [7, 11) is 1.54. The smallest absolute Gasteiger partial charge is 0.354 e. The molecule has 0 aliphatic rings. The minimum absolute atomic E-state index is 0.0324. The van der Waals surface area contributed by atoms with Crippen LogP contribution in [0.3, 0.4) is 0 Å². The first-order chi connectivity index (χ1) is 9.81. The van der Waals surface area contributed by atoms with Gasteiger partial charge in [-0.15, -0.1) is 0 Å². The summed E-state index contributed by atoms with van der Waals surface area (Å²) in [5, 5.41) is 15.4. The molecular weight excluding hydrogens is 345 g/mol. The monoisotopic (exact) mass is 357 g/mol. The van der Waals surface area contributed by atoms with E-state index >= 15 is 0 Å². The Kier molecular flexibility index (Phi) is 4.26. The van der Waals surface area contributed by atoms with Gasteiger partial charge in [0.1, 0.15) is 17.3 Å². The molecule has 0 saturated carbocycles. The van der Waals surface area contributed by atoms with Gasteiger partial charge in [0.2, 0.25) is 0 Å². The molecule has 0 bridgehead atoms. The highest BCUT2D eigenvalue weighted by Gasteiger charge is 2.30. The Morgan fingerprint density at radius 2 is 2.14 bits per heavy atom. The zero-order chi connectivity index (χ0) is 15.7. The molecular formula is C13H13BrFN3O3. The van der Waals surface area contributed by atoms with E-state index in [0.29, 0.717) is 10.2 Å². The Labute approximate surface area is 128 Å². The Bertz CT molecular complexity index is 700. The molecule has 6 nitrogen and oxygen atoms in total. The first-order valence-corrected chi connectivity index (χ1v) is 6.94. The zero-order valence-corrected chi connectivity index (χ0v) is 13.2. The zero-order valence-electron chi connectivity index (χ0n) is 11.6. The van der Waals surface area contributed by atoms with Crippen molar-refractivity contribution in [1.29, 1.82) is 0 Å². The molecule has 0 amide bonds. The number of aryl methyl sites for hydroxylation is 1. The summed E-state index contributed by atoms with van der Waals surface area (Å²) >= 11 is 3.22. The molecule has 0 radical (unpaired) electrons. The van der Waals surface area contributed by atoms with E-state index in [2.05, 4.69) is 21.0 Å². The van der Waals surface area contributed by atoms with Crippen LogP contribution in [0, 0.1) is 15.9 Å². The van der Waals surface area contributed by atoms with E-state index in [1.807, 2.05) is 0 Å². The van der Waals surface area contributed by atoms with E-state index in [0.717, 1.165) is 6.07 Å². The van der Waals surface area contributed by atoms with E-state index in [1.165, 1.54) is 16.8 Å². The van der Waals surface area contributed by atoms with Crippen molar-refractivity contribution >= 4 is 21.6 Å². The van der Waals surface area contributed by atoms with Crippen LogP contribution in [0.4, 0.5) is 10.1 Å². The van der Waals surface area contributed by atoms with Gasteiger partial charge >= 0.3 is 5.69 Å². The molecule has 1 heterocycles. The maximum absolute atomic E-state index is 13.3. The first-order valence-electron chi connectivity index (χ1n) is 6.15. The standard InChI is InChI=1S/C13H13BrFN3O3/c1-7(2)11-12(18(19)20)13(17(3)16-11)21-10-6-8(15)4-5-9(10)14/h4-7H,1-3H3. The average molecular weight is 358 g/mol. The van der Waals surface area contributed by atoms with Crippen LogP contribution in [0.2, 0.25) is 0 Å². The molecule has 0 saturated heterocycles. The van der Waals surface area contributed by atoms with E-state index < -0.39 is 10.7 Å². The summed E-state index contributed by atoms with van der Waals surface area (Å²) in [5.74, 6) is -0.515. The highest BCUT2D eigenvalue weighted by Crippen LogP contribution is 2.39. The molecule has 21 heavy (non-hydrogen) atoms. The third-order valence-electron chi connectivity index (χ3n) is 2.83. The van der Waals surface area contributed by atoms with Gasteiger partial charge in [-0.1, -0.05) is 13.8 Å². The van der Waals surface area contributed by atoms with Gasteiger partial charge in [0, 0.05) is 19.0 Å². The quantitative estimate of drug-likeness (QED) is 0.608. The summed E-state index contributed by atoms with van der Waals surface area (Å²) < 4.78 is 20.6. The maximum atomic E-state index is 13.3. The average Bonchev–Trinajstić information content (AvgIpc) is 2.72. The molecule has 0 aliphatic carbocycles. The predicted octanol–water partition coefficient (Wildman–Crippen LogP) is 4.15. The van der Waals surface area contributed by atoms with Crippen molar-refractivity contribution in [2.75, 3.05) is 0 Å². The molecule has 0 N–H and O–H groups in total. The number of benzene rings is 1. The molecule has 0 fully saturated rings. The molecule has 8 heteroatoms. The van der Waals surface area contributed by atoms with Crippen molar-refractivity contribution in [1.82, 2.24) is 9.78 Å². The van der Waals surface area contributed by atoms with Crippen LogP contribution in [0.15, 0.2) is 22.7 Å². The number of rotatable bonds is 4. The summed E-state index contributed by atoms with van der Waals surface area (Å²) in [6, 6.07) is 3.88. The Morgan fingerprint density at radius 1 is 1.48 bits per heavy atom. The predicted molar refractivity (Wildman–Crippen MR) is 78.1 cm³/mol. The number of hydrogen-bond donors (Lipinski definition) is 0. The lowest BCUT2D eigenvalue weighted by atomic mass is 10.1. The second-order valence-corrected chi connectivity index (χ2v) is 5.61. The van der Waals surface area contributed by atoms with E-state index in [4.69, 9.17) is 4.74 Å². The van der Waals surface area contributed by atoms with Crippen LogP contribution >= 0.6 is 15.9 Å². The van der Waals surface area contributed by atoms with Crippen molar-refractivity contribution in [2.45, 2.75) is 19.8 Å². The number of ether oxygens (including phenoxy) is 1. The van der Waals surface area contributed by atoms with Gasteiger partial charge in [-0.25, -0.2) is 9.07 Å². The van der Waals surface area contributed by atoms with Gasteiger partial charge in [-0.3, -0.25) is 10.1 Å². The second-order valence-electron chi connectivity index (χ2n) is 4.75. The summed E-state index contributed by atoms with van der Waals surface area (Å²) in [6.07, 6.45) is 0. The van der Waals surface area contributed by atoms with Crippen LogP contribution in [0.5, 0.6) is 11.6 Å². The Balaban J connectivity index is 2.54. The van der Waals surface area contributed by atoms with Crippen molar-refractivity contribution in [3.63, 3.8) is 0 Å². The lowest BCUT2D eigenvalue weighted by molar-refractivity contribution is -0.386. The van der Waals surface area contributed by atoms with Crippen LogP contribution in [-0.2, 0) is 7.05 Å². The Hall–Kier alpha value is -1.96. The minimum atomic E-state index is -0.537. The van der Waals surface area contributed by atoms with Crippen LogP contribution in [0.1, 0.15) is 25.5 Å². The molecule has 0 unspecified atom stereocenters. The fourth-order valence-corrected chi connectivity index (χ4v) is 2.18. The van der Waals surface area contributed by atoms with Gasteiger partial charge in [0.15, 0.2) is 0 Å². The van der Waals surface area contributed by atoms with Crippen LogP contribution in [0.25, 0.3) is 0 Å². The maximum Gasteiger partial charge on any atom is 0.354 e. The number of halogens is 2. The molecule has 2 aromatic rings. The fourth-order valence-electron chi connectivity index (χ4n) is 1.85. The molecule has 1 aromatic heterocycles. The number of aromatic nitrogens is 2. The molecule has 112 valence electrons. The van der Waals surface area contributed by atoms with E-state index in [9.17, 15) is 14.5 Å². The third kappa shape index (κ3) is 3.05. The SMILES string of the molecule is CC(C)c1nn(C)c(Oc2cc(F)ccc2Br)c1[N+](=O)[O-]. The van der Waals surface area contributed by atoms with Crippen molar-refractivity contribution in [3.8, 4) is 11.6 Å². The fraction of sp³-hybridized carbons (Fsp3) is 0.308. The molecule has 2 rings (SSSR count). The first kappa shape index (κ1) is 15.4. The topological polar surface area (TPSA) is 70.2 Å². The lowest BCUT2D eigenvalue weighted by Gasteiger charge is -2.07. The van der Waals surface area contributed by atoms with Gasteiger partial charge in [0.05, 0.1) is 9.40 Å². The van der Waals surface area contributed by atoms with Gasteiger partial charge < -0.3 is 4.74 Å².